The highest BCUT2D eigenvalue weighted by Gasteiger charge is 2.46. The summed E-state index contributed by atoms with van der Waals surface area (Å²) in [6.45, 7) is 7.91. The summed E-state index contributed by atoms with van der Waals surface area (Å²) in [5.41, 5.74) is 1.38. The number of nitrogens with zero attached hydrogens (tertiary/aromatic N) is 7. The molecule has 0 radical (unpaired) electrons. The van der Waals surface area contributed by atoms with Crippen molar-refractivity contribution in [2.75, 3.05) is 39.3 Å². The Hall–Kier alpha value is -2.47. The highest BCUT2D eigenvalue weighted by atomic mass is 32.2. The molecule has 1 aromatic heterocycles. The number of aromatic nitrogens is 3. The number of fused-ring (bicyclic) bond motifs is 3. The molecule has 0 N–H and O–H groups in total. The van der Waals surface area contributed by atoms with Crippen LogP contribution in [-0.2, 0) is 14.9 Å². The van der Waals surface area contributed by atoms with Crippen LogP contribution < -0.4 is 0 Å². The van der Waals surface area contributed by atoms with E-state index in [4.69, 9.17) is 4.74 Å². The van der Waals surface area contributed by atoms with Gasteiger partial charge in [0.1, 0.15) is 23.9 Å². The monoisotopic (exact) mass is 499 g/mol. The summed E-state index contributed by atoms with van der Waals surface area (Å²) in [5.74, 6) is 1.18. The Morgan fingerprint density at radius 2 is 2.00 bits per heavy atom. The number of rotatable bonds is 4. The van der Waals surface area contributed by atoms with Crippen molar-refractivity contribution in [1.29, 1.82) is 0 Å². The molecule has 2 saturated heterocycles. The molecule has 0 saturated carbocycles. The second kappa shape index (κ2) is 8.88. The van der Waals surface area contributed by atoms with Crippen LogP contribution in [0.15, 0.2) is 48.2 Å². The fourth-order valence-corrected chi connectivity index (χ4v) is 7.45. The summed E-state index contributed by atoms with van der Waals surface area (Å²) >= 11 is 0. The van der Waals surface area contributed by atoms with Gasteiger partial charge in [0.05, 0.1) is 6.61 Å². The van der Waals surface area contributed by atoms with Crippen LogP contribution in [0.5, 0.6) is 0 Å². The minimum atomic E-state index is -3.89. The maximum Gasteiger partial charge on any atom is 0.309 e. The normalized spacial score (nSPS) is 27.7. The molecule has 0 bridgehead atoms. The number of hydrogen-bond donors (Lipinski definition) is 0. The predicted octanol–water partition coefficient (Wildman–Crippen LogP) is 1.93. The first-order valence-electron chi connectivity index (χ1n) is 12.6. The van der Waals surface area contributed by atoms with Gasteiger partial charge in [-0.2, -0.15) is 17.8 Å². The molecule has 11 heteroatoms. The van der Waals surface area contributed by atoms with Crippen LogP contribution in [0.25, 0.3) is 5.70 Å². The van der Waals surface area contributed by atoms with Gasteiger partial charge in [-0.15, -0.1) is 0 Å². The smallest absolute Gasteiger partial charge is 0.309 e. The molecule has 2 unspecified atom stereocenters. The summed E-state index contributed by atoms with van der Waals surface area (Å²) in [4.78, 5) is 8.97. The van der Waals surface area contributed by atoms with Gasteiger partial charge in [0.15, 0.2) is 5.82 Å². The zero-order valence-electron chi connectivity index (χ0n) is 20.3. The first-order chi connectivity index (χ1) is 16.9. The summed E-state index contributed by atoms with van der Waals surface area (Å²) < 4.78 is 40.0. The van der Waals surface area contributed by atoms with Crippen LogP contribution in [0.4, 0.5) is 0 Å². The van der Waals surface area contributed by atoms with Crippen molar-refractivity contribution in [1.82, 2.24) is 33.2 Å². The molecule has 0 aromatic carbocycles. The fraction of sp³-hybridized carbons (Fsp3) is 0.583. The molecular weight excluding hydrogens is 466 g/mol. The summed E-state index contributed by atoms with van der Waals surface area (Å²) in [6, 6.07) is 0.313. The van der Waals surface area contributed by atoms with E-state index in [2.05, 4.69) is 15.0 Å². The number of hydrogen-bond acceptors (Lipinski definition) is 7. The van der Waals surface area contributed by atoms with Crippen molar-refractivity contribution in [3.63, 3.8) is 0 Å². The van der Waals surface area contributed by atoms with Gasteiger partial charge in [-0.1, -0.05) is 30.7 Å². The Kier molecular flexibility index (Phi) is 5.82. The largest absolute Gasteiger partial charge is 0.367 e. The number of piperazine rings is 1. The van der Waals surface area contributed by atoms with Gasteiger partial charge in [0, 0.05) is 50.0 Å². The molecule has 10 nitrogen and oxygen atoms in total. The molecule has 1 aliphatic carbocycles. The zero-order chi connectivity index (χ0) is 24.2. The Morgan fingerprint density at radius 3 is 2.86 bits per heavy atom. The first kappa shape index (κ1) is 23.0. The second-order valence-corrected chi connectivity index (χ2v) is 11.7. The van der Waals surface area contributed by atoms with Crippen molar-refractivity contribution >= 4 is 15.9 Å². The molecular formula is C24H33N7O3S. The van der Waals surface area contributed by atoms with Gasteiger partial charge in [0.2, 0.25) is 0 Å². The lowest BCUT2D eigenvalue weighted by molar-refractivity contribution is 0.0834. The Labute approximate surface area is 207 Å². The average Bonchev–Trinajstić information content (AvgIpc) is 3.46. The maximum atomic E-state index is 14.5. The van der Waals surface area contributed by atoms with Gasteiger partial charge >= 0.3 is 10.2 Å². The maximum absolute atomic E-state index is 14.5. The third-order valence-corrected chi connectivity index (χ3v) is 9.29. The van der Waals surface area contributed by atoms with Crippen molar-refractivity contribution < 1.29 is 13.2 Å². The van der Waals surface area contributed by atoms with E-state index in [1.807, 2.05) is 49.3 Å². The topological polar surface area (TPSA) is 87.0 Å². The Morgan fingerprint density at radius 1 is 1.11 bits per heavy atom. The van der Waals surface area contributed by atoms with Crippen LogP contribution in [-0.4, -0.2) is 93.1 Å². The van der Waals surface area contributed by atoms with Gasteiger partial charge in [-0.05, 0) is 33.2 Å². The lowest BCUT2D eigenvalue weighted by Crippen LogP contribution is -2.58. The average molecular weight is 500 g/mol. The molecule has 6 rings (SSSR count). The molecule has 4 aliphatic heterocycles. The molecule has 0 spiro atoms. The van der Waals surface area contributed by atoms with Gasteiger partial charge < -0.3 is 9.64 Å². The molecule has 2 atom stereocenters. The van der Waals surface area contributed by atoms with E-state index in [-0.39, 0.29) is 18.2 Å². The third-order valence-electron chi connectivity index (χ3n) is 7.48. The minimum Gasteiger partial charge on any atom is -0.367 e. The first-order valence-corrected chi connectivity index (χ1v) is 14.0. The lowest BCUT2D eigenvalue weighted by Gasteiger charge is -2.44. The minimum absolute atomic E-state index is 0.0374. The molecule has 5 aliphatic rings. The van der Waals surface area contributed by atoms with E-state index in [1.165, 1.54) is 17.1 Å². The van der Waals surface area contributed by atoms with Crippen molar-refractivity contribution in [3.05, 3.63) is 54.0 Å². The van der Waals surface area contributed by atoms with Crippen molar-refractivity contribution in [2.24, 2.45) is 0 Å². The SMILES string of the molecule is CC(C)n1ncnc1C1=CN2CCOC3C=CC=CC3=C2N1S(=O)(=O)N1CCN2CCCCC2C1. The van der Waals surface area contributed by atoms with Gasteiger partial charge in [-0.25, -0.2) is 14.0 Å². The fourth-order valence-electron chi connectivity index (χ4n) is 5.74. The highest BCUT2D eigenvalue weighted by molar-refractivity contribution is 7.87. The lowest BCUT2D eigenvalue weighted by atomic mass is 10.0. The number of allylic oxidation sites excluding steroid dienone is 2. The Bertz CT molecular complexity index is 1220. The molecule has 2 fully saturated rings. The third kappa shape index (κ3) is 3.85. The van der Waals surface area contributed by atoms with Crippen LogP contribution in [0.2, 0.25) is 0 Å². The van der Waals surface area contributed by atoms with E-state index < -0.39 is 10.2 Å². The van der Waals surface area contributed by atoms with Crippen LogP contribution in [0, 0.1) is 0 Å². The molecule has 5 heterocycles. The quantitative estimate of drug-likeness (QED) is 0.626. The second-order valence-electron chi connectivity index (χ2n) is 9.96. The van der Waals surface area contributed by atoms with Crippen LogP contribution in [0.1, 0.15) is 45.0 Å². The van der Waals surface area contributed by atoms with E-state index in [9.17, 15) is 8.42 Å². The van der Waals surface area contributed by atoms with E-state index >= 15 is 0 Å². The standard InChI is InChI=1S/C24H33N7O3S/c1-18(2)30-23(25-17-26-30)21-16-28-13-14-34-22-9-4-3-8-20(22)24(28)31(21)35(32,33)29-12-11-27-10-6-5-7-19(27)15-29/h3-4,8-9,16-19,22H,5-7,10-15H2,1-2H3. The van der Waals surface area contributed by atoms with Crippen molar-refractivity contribution in [3.8, 4) is 0 Å². The van der Waals surface area contributed by atoms with Crippen LogP contribution >= 0.6 is 0 Å². The van der Waals surface area contributed by atoms with Crippen molar-refractivity contribution in [2.45, 2.75) is 51.3 Å². The van der Waals surface area contributed by atoms with Gasteiger partial charge in [0.25, 0.3) is 0 Å². The molecule has 35 heavy (non-hydrogen) atoms. The van der Waals surface area contributed by atoms with E-state index in [0.717, 1.165) is 31.5 Å². The summed E-state index contributed by atoms with van der Waals surface area (Å²) in [7, 11) is -3.89. The van der Waals surface area contributed by atoms with Crippen LogP contribution in [0.3, 0.4) is 0 Å². The number of ether oxygens (including phenoxy) is 1. The van der Waals surface area contributed by atoms with Gasteiger partial charge in [-0.3, -0.25) is 4.90 Å². The Balaban J connectivity index is 1.46. The van der Waals surface area contributed by atoms with E-state index in [0.29, 0.717) is 43.6 Å². The van der Waals surface area contributed by atoms with E-state index in [1.54, 1.807) is 8.99 Å². The zero-order valence-corrected chi connectivity index (χ0v) is 21.1. The molecule has 1 aromatic rings. The molecule has 188 valence electrons. The summed E-state index contributed by atoms with van der Waals surface area (Å²) in [6.07, 6.45) is 14.3. The predicted molar refractivity (Wildman–Crippen MR) is 132 cm³/mol. The molecule has 0 amide bonds. The highest BCUT2D eigenvalue weighted by Crippen LogP contribution is 2.41. The summed E-state index contributed by atoms with van der Waals surface area (Å²) in [5, 5.41) is 4.40. The number of piperidine rings is 1.